The number of rotatable bonds is 6. The van der Waals surface area contributed by atoms with E-state index in [0.29, 0.717) is 11.1 Å². The molecule has 1 aromatic rings. The van der Waals surface area contributed by atoms with Crippen LogP contribution < -0.4 is 4.72 Å². The van der Waals surface area contributed by atoms with Crippen LogP contribution >= 0.6 is 0 Å². The summed E-state index contributed by atoms with van der Waals surface area (Å²) in [4.78, 5) is 10.6. The molecule has 0 amide bonds. The first kappa shape index (κ1) is 15.1. The van der Waals surface area contributed by atoms with Crippen molar-refractivity contribution in [2.45, 2.75) is 12.7 Å². The van der Waals surface area contributed by atoms with E-state index in [0.717, 1.165) is 0 Å². The third kappa shape index (κ3) is 5.07. The summed E-state index contributed by atoms with van der Waals surface area (Å²) in [5.41, 5.74) is 0.862. The van der Waals surface area contributed by atoms with E-state index in [2.05, 4.69) is 4.72 Å². The lowest BCUT2D eigenvalue weighted by Gasteiger charge is -2.09. The first-order valence-electron chi connectivity index (χ1n) is 5.53. The number of sulfonamides is 1. The smallest absolute Gasteiger partial charge is 0.307 e. The molecule has 0 spiro atoms. The molecule has 0 radical (unpaired) electrons. The van der Waals surface area contributed by atoms with E-state index in [-0.39, 0.29) is 12.3 Å². The lowest BCUT2D eigenvalue weighted by molar-refractivity contribution is -0.140. The summed E-state index contributed by atoms with van der Waals surface area (Å²) < 4.78 is 25.7. The Morgan fingerprint density at radius 3 is 2.79 bits per heavy atom. The van der Waals surface area contributed by atoms with E-state index in [1.165, 1.54) is 13.0 Å². The lowest BCUT2D eigenvalue weighted by atomic mass is 10.2. The third-order valence-corrected chi connectivity index (χ3v) is 3.76. The molecule has 6 nitrogen and oxygen atoms in total. The summed E-state index contributed by atoms with van der Waals surface area (Å²) in [6, 6.07) is 8.19. The quantitative estimate of drug-likeness (QED) is 0.798. The van der Waals surface area contributed by atoms with E-state index in [4.69, 9.17) is 10.4 Å². The number of carbonyl (C=O) groups is 1. The minimum absolute atomic E-state index is 0.157. The Morgan fingerprint density at radius 1 is 1.53 bits per heavy atom. The highest BCUT2D eigenvalue weighted by Gasteiger charge is 2.16. The second kappa shape index (κ2) is 6.31. The predicted octanol–water partition coefficient (Wildman–Crippen LogP) is 0.698. The summed E-state index contributed by atoms with van der Waals surface area (Å²) in [6.07, 6.45) is 0. The van der Waals surface area contributed by atoms with E-state index < -0.39 is 21.9 Å². The minimum Gasteiger partial charge on any atom is -0.481 e. The van der Waals surface area contributed by atoms with Gasteiger partial charge in [-0.3, -0.25) is 4.79 Å². The molecule has 0 heterocycles. The lowest BCUT2D eigenvalue weighted by Crippen LogP contribution is -2.32. The summed E-state index contributed by atoms with van der Waals surface area (Å²) in [5, 5.41) is 17.4. The fraction of sp³-hybridized carbons (Fsp3) is 0.333. The molecular formula is C12H14N2O4S. The molecule has 0 saturated carbocycles. The maximum absolute atomic E-state index is 11.7. The van der Waals surface area contributed by atoms with Crippen LogP contribution in [0.2, 0.25) is 0 Å². The number of hydrogen-bond acceptors (Lipinski definition) is 4. The van der Waals surface area contributed by atoms with E-state index in [9.17, 15) is 13.2 Å². The van der Waals surface area contributed by atoms with Gasteiger partial charge in [0, 0.05) is 6.54 Å². The standard InChI is InChI=1S/C12H14N2O4S/c1-9(12(15)16)7-14-19(17,18)8-11-4-2-3-10(5-11)6-13/h2-5,9,14H,7-8H2,1H3,(H,15,16). The Morgan fingerprint density at radius 2 is 2.21 bits per heavy atom. The average Bonchev–Trinajstić information content (AvgIpc) is 2.35. The molecule has 1 rings (SSSR count). The molecule has 0 aliphatic rings. The van der Waals surface area contributed by atoms with Crippen molar-refractivity contribution >= 4 is 16.0 Å². The van der Waals surface area contributed by atoms with Crippen molar-refractivity contribution in [1.82, 2.24) is 4.72 Å². The summed E-state index contributed by atoms with van der Waals surface area (Å²) >= 11 is 0. The van der Waals surface area contributed by atoms with Gasteiger partial charge in [0.2, 0.25) is 10.0 Å². The Bertz CT molecular complexity index is 604. The van der Waals surface area contributed by atoms with Crippen LogP contribution in [-0.4, -0.2) is 26.0 Å². The number of nitriles is 1. The van der Waals surface area contributed by atoms with Crippen molar-refractivity contribution in [3.8, 4) is 6.07 Å². The van der Waals surface area contributed by atoms with Gasteiger partial charge >= 0.3 is 5.97 Å². The molecule has 1 atom stereocenters. The maximum Gasteiger partial charge on any atom is 0.307 e. The monoisotopic (exact) mass is 282 g/mol. The largest absolute Gasteiger partial charge is 0.481 e. The van der Waals surface area contributed by atoms with Crippen LogP contribution in [0.3, 0.4) is 0 Å². The van der Waals surface area contributed by atoms with Crippen molar-refractivity contribution < 1.29 is 18.3 Å². The third-order valence-electron chi connectivity index (χ3n) is 2.44. The zero-order valence-electron chi connectivity index (χ0n) is 10.3. The summed E-state index contributed by atoms with van der Waals surface area (Å²) in [7, 11) is -3.61. The van der Waals surface area contributed by atoms with Crippen LogP contribution in [0.15, 0.2) is 24.3 Å². The number of nitrogens with one attached hydrogen (secondary N) is 1. The van der Waals surface area contributed by atoms with Crippen LogP contribution in [-0.2, 0) is 20.6 Å². The number of carboxylic acid groups (broad SMARTS) is 1. The van der Waals surface area contributed by atoms with Gasteiger partial charge in [0.15, 0.2) is 0 Å². The molecular weight excluding hydrogens is 268 g/mol. The second-order valence-electron chi connectivity index (χ2n) is 4.16. The molecule has 19 heavy (non-hydrogen) atoms. The highest BCUT2D eigenvalue weighted by molar-refractivity contribution is 7.88. The molecule has 0 aromatic heterocycles. The minimum atomic E-state index is -3.61. The van der Waals surface area contributed by atoms with Crippen LogP contribution in [0.4, 0.5) is 0 Å². The normalized spacial score (nSPS) is 12.6. The molecule has 0 aliphatic carbocycles. The van der Waals surface area contributed by atoms with Gasteiger partial charge in [0.1, 0.15) is 0 Å². The molecule has 0 saturated heterocycles. The first-order valence-corrected chi connectivity index (χ1v) is 7.18. The Hall–Kier alpha value is -1.91. The summed E-state index contributed by atoms with van der Waals surface area (Å²) in [5.74, 6) is -2.14. The van der Waals surface area contributed by atoms with Gasteiger partial charge in [-0.2, -0.15) is 5.26 Å². The number of hydrogen-bond donors (Lipinski definition) is 2. The van der Waals surface area contributed by atoms with E-state index in [1.807, 2.05) is 6.07 Å². The fourth-order valence-corrected chi connectivity index (χ4v) is 2.56. The number of benzene rings is 1. The van der Waals surface area contributed by atoms with Crippen LogP contribution in [0.1, 0.15) is 18.1 Å². The fourth-order valence-electron chi connectivity index (χ4n) is 1.34. The Labute approximate surface area is 111 Å². The Kier molecular flexibility index (Phi) is 5.03. The van der Waals surface area contributed by atoms with Gasteiger partial charge in [-0.25, -0.2) is 13.1 Å². The van der Waals surface area contributed by atoms with Crippen molar-refractivity contribution in [2.24, 2.45) is 5.92 Å². The molecule has 0 bridgehead atoms. The predicted molar refractivity (Wildman–Crippen MR) is 68.6 cm³/mol. The molecule has 1 unspecified atom stereocenters. The number of aliphatic carboxylic acids is 1. The zero-order valence-corrected chi connectivity index (χ0v) is 11.1. The van der Waals surface area contributed by atoms with Crippen LogP contribution in [0.25, 0.3) is 0 Å². The van der Waals surface area contributed by atoms with Gasteiger partial charge in [0.25, 0.3) is 0 Å². The summed E-state index contributed by atoms with van der Waals surface area (Å²) in [6.45, 7) is 1.26. The van der Waals surface area contributed by atoms with Gasteiger partial charge in [-0.15, -0.1) is 0 Å². The van der Waals surface area contributed by atoms with Gasteiger partial charge in [-0.1, -0.05) is 19.1 Å². The van der Waals surface area contributed by atoms with Crippen LogP contribution in [0.5, 0.6) is 0 Å². The highest BCUT2D eigenvalue weighted by atomic mass is 32.2. The van der Waals surface area contributed by atoms with Gasteiger partial charge in [-0.05, 0) is 17.7 Å². The second-order valence-corrected chi connectivity index (χ2v) is 5.97. The van der Waals surface area contributed by atoms with Crippen molar-refractivity contribution in [2.75, 3.05) is 6.54 Å². The molecule has 2 N–H and O–H groups in total. The van der Waals surface area contributed by atoms with Crippen molar-refractivity contribution in [1.29, 1.82) is 5.26 Å². The molecule has 7 heteroatoms. The molecule has 1 aromatic carbocycles. The average molecular weight is 282 g/mol. The Balaban J connectivity index is 2.69. The molecule has 0 fully saturated rings. The van der Waals surface area contributed by atoms with Crippen molar-refractivity contribution in [3.05, 3.63) is 35.4 Å². The molecule has 0 aliphatic heterocycles. The van der Waals surface area contributed by atoms with E-state index in [1.54, 1.807) is 18.2 Å². The molecule has 102 valence electrons. The first-order chi connectivity index (χ1) is 8.84. The maximum atomic E-state index is 11.7. The topological polar surface area (TPSA) is 107 Å². The van der Waals surface area contributed by atoms with Gasteiger partial charge < -0.3 is 5.11 Å². The van der Waals surface area contributed by atoms with Crippen LogP contribution in [0, 0.1) is 17.2 Å². The highest BCUT2D eigenvalue weighted by Crippen LogP contribution is 2.08. The SMILES string of the molecule is CC(CNS(=O)(=O)Cc1cccc(C#N)c1)C(=O)O. The van der Waals surface area contributed by atoms with Crippen molar-refractivity contribution in [3.63, 3.8) is 0 Å². The number of carboxylic acids is 1. The number of nitrogens with zero attached hydrogens (tertiary/aromatic N) is 1. The van der Waals surface area contributed by atoms with Gasteiger partial charge in [0.05, 0.1) is 23.3 Å². The van der Waals surface area contributed by atoms with E-state index >= 15 is 0 Å². The zero-order chi connectivity index (χ0) is 14.5.